The Kier molecular flexibility index (Phi) is 6.16. The first-order valence-electron chi connectivity index (χ1n) is 10.2. The molecule has 2 aromatic carbocycles. The van der Waals surface area contributed by atoms with Gasteiger partial charge in [-0.25, -0.2) is 0 Å². The topological polar surface area (TPSA) is 55.4 Å². The Hall–Kier alpha value is -2.30. The molecule has 0 radical (unpaired) electrons. The lowest BCUT2D eigenvalue weighted by atomic mass is 9.73. The Morgan fingerprint density at radius 1 is 1.03 bits per heavy atom. The van der Waals surface area contributed by atoms with Crippen molar-refractivity contribution in [2.45, 2.75) is 44.4 Å². The fourth-order valence-electron chi connectivity index (χ4n) is 4.30. The van der Waals surface area contributed by atoms with Gasteiger partial charge in [-0.15, -0.1) is 0 Å². The van der Waals surface area contributed by atoms with Crippen LogP contribution in [0.1, 0.15) is 55.6 Å². The summed E-state index contributed by atoms with van der Waals surface area (Å²) >= 11 is 12.4. The van der Waals surface area contributed by atoms with Crippen LogP contribution < -0.4 is 10.1 Å². The van der Waals surface area contributed by atoms with Gasteiger partial charge in [0.2, 0.25) is 5.91 Å². The number of benzene rings is 2. The van der Waals surface area contributed by atoms with Crippen LogP contribution in [0.25, 0.3) is 0 Å². The van der Waals surface area contributed by atoms with Crippen LogP contribution >= 0.6 is 23.2 Å². The highest BCUT2D eigenvalue weighted by molar-refractivity contribution is 6.35. The molecule has 1 amide bonds. The zero-order valence-electron chi connectivity index (χ0n) is 16.7. The third-order valence-electron chi connectivity index (χ3n) is 5.70. The molecule has 6 heteroatoms. The van der Waals surface area contributed by atoms with Crippen molar-refractivity contribution in [1.29, 1.82) is 0 Å². The fraction of sp³-hybridized carbons (Fsp3) is 0.333. The van der Waals surface area contributed by atoms with Crippen LogP contribution in [0.4, 0.5) is 0 Å². The van der Waals surface area contributed by atoms with Crippen LogP contribution in [0.15, 0.2) is 53.7 Å². The number of halogens is 2. The van der Waals surface area contributed by atoms with Crippen molar-refractivity contribution in [3.8, 4) is 5.75 Å². The van der Waals surface area contributed by atoms with Crippen LogP contribution in [-0.2, 0) is 9.59 Å². The third kappa shape index (κ3) is 4.26. The van der Waals surface area contributed by atoms with E-state index in [1.807, 2.05) is 30.3 Å². The minimum absolute atomic E-state index is 0.0243. The molecule has 0 bridgehead atoms. The van der Waals surface area contributed by atoms with Crippen LogP contribution in [0.2, 0.25) is 10.0 Å². The van der Waals surface area contributed by atoms with Crippen molar-refractivity contribution in [3.05, 3.63) is 74.9 Å². The summed E-state index contributed by atoms with van der Waals surface area (Å²) in [7, 11) is 0. The number of amides is 1. The van der Waals surface area contributed by atoms with Gasteiger partial charge in [-0.1, -0.05) is 48.3 Å². The molecule has 1 heterocycles. The van der Waals surface area contributed by atoms with Crippen LogP contribution in [-0.4, -0.2) is 18.3 Å². The lowest BCUT2D eigenvalue weighted by Crippen LogP contribution is -2.38. The van der Waals surface area contributed by atoms with Crippen molar-refractivity contribution in [1.82, 2.24) is 5.32 Å². The zero-order chi connectivity index (χ0) is 21.3. The molecular weight excluding hydrogens is 421 g/mol. The number of ketones is 1. The molecule has 0 saturated carbocycles. The monoisotopic (exact) mass is 443 g/mol. The van der Waals surface area contributed by atoms with E-state index in [0.29, 0.717) is 35.1 Å². The van der Waals surface area contributed by atoms with Crippen LogP contribution in [0.5, 0.6) is 5.75 Å². The van der Waals surface area contributed by atoms with E-state index < -0.39 is 0 Å². The number of ether oxygens (including phenoxy) is 1. The molecule has 2 aromatic rings. The van der Waals surface area contributed by atoms with Crippen molar-refractivity contribution in [3.63, 3.8) is 0 Å². The summed E-state index contributed by atoms with van der Waals surface area (Å²) in [6.07, 6.45) is 2.18. The largest absolute Gasteiger partial charge is 0.494 e. The van der Waals surface area contributed by atoms with E-state index in [4.69, 9.17) is 27.9 Å². The van der Waals surface area contributed by atoms with E-state index >= 15 is 0 Å². The van der Waals surface area contributed by atoms with E-state index in [1.165, 1.54) is 0 Å². The van der Waals surface area contributed by atoms with Gasteiger partial charge in [0.1, 0.15) is 5.75 Å². The summed E-state index contributed by atoms with van der Waals surface area (Å²) in [6.45, 7) is 2.74. The Balaban J connectivity index is 1.62. The van der Waals surface area contributed by atoms with Crippen molar-refractivity contribution < 1.29 is 14.3 Å². The summed E-state index contributed by atoms with van der Waals surface area (Å²) in [4.78, 5) is 25.6. The van der Waals surface area contributed by atoms with Gasteiger partial charge in [-0.2, -0.15) is 0 Å². The van der Waals surface area contributed by atoms with E-state index in [0.717, 1.165) is 29.0 Å². The molecule has 1 aliphatic carbocycles. The number of hydrogen-bond acceptors (Lipinski definition) is 3. The quantitative estimate of drug-likeness (QED) is 0.636. The number of carbonyl (C=O) groups is 2. The van der Waals surface area contributed by atoms with Gasteiger partial charge in [-0.3, -0.25) is 9.59 Å². The van der Waals surface area contributed by atoms with Crippen molar-refractivity contribution in [2.24, 2.45) is 0 Å². The maximum absolute atomic E-state index is 13.2. The highest BCUT2D eigenvalue weighted by atomic mass is 35.5. The summed E-state index contributed by atoms with van der Waals surface area (Å²) in [6, 6.07) is 13.1. The number of hydrogen-bond donors (Lipinski definition) is 1. The molecule has 0 aromatic heterocycles. The average Bonchev–Trinajstić information content (AvgIpc) is 2.71. The second-order valence-electron chi connectivity index (χ2n) is 7.81. The smallest absolute Gasteiger partial charge is 0.225 e. The predicted molar refractivity (Wildman–Crippen MR) is 118 cm³/mol. The summed E-state index contributed by atoms with van der Waals surface area (Å²) in [5, 5.41) is 3.95. The Morgan fingerprint density at radius 2 is 1.80 bits per heavy atom. The van der Waals surface area contributed by atoms with Crippen LogP contribution in [0.3, 0.4) is 0 Å². The SMILES string of the molecule is CCCOc1ccc(C2CC(=O)C3=C(C2)NC(=O)CC3c2ccc(Cl)cc2Cl)cc1. The summed E-state index contributed by atoms with van der Waals surface area (Å²) in [5.74, 6) is 0.476. The maximum Gasteiger partial charge on any atom is 0.225 e. The van der Waals surface area contributed by atoms with Gasteiger partial charge < -0.3 is 10.1 Å². The van der Waals surface area contributed by atoms with Gasteiger partial charge >= 0.3 is 0 Å². The van der Waals surface area contributed by atoms with Gasteiger partial charge in [0.05, 0.1) is 6.61 Å². The molecule has 0 saturated heterocycles. The predicted octanol–water partition coefficient (Wildman–Crippen LogP) is 5.79. The number of rotatable bonds is 5. The third-order valence-corrected chi connectivity index (χ3v) is 6.26. The Labute approximate surface area is 186 Å². The molecular formula is C24H23Cl2NO3. The standard InChI is InChI=1S/C24H23Cl2NO3/c1-2-9-30-17-6-3-14(4-7-17)15-10-21-24(22(28)11-15)19(13-23(29)27-21)18-8-5-16(25)12-20(18)26/h3-8,12,15,19H,2,9-11,13H2,1H3,(H,27,29). The van der Waals surface area contributed by atoms with E-state index in [1.54, 1.807) is 12.1 Å². The fourth-order valence-corrected chi connectivity index (χ4v) is 4.84. The second kappa shape index (κ2) is 8.83. The van der Waals surface area contributed by atoms with Crippen LogP contribution in [0, 0.1) is 0 Å². The number of carbonyl (C=O) groups excluding carboxylic acids is 2. The van der Waals surface area contributed by atoms with E-state index in [-0.39, 0.29) is 29.9 Å². The molecule has 30 heavy (non-hydrogen) atoms. The molecule has 0 fully saturated rings. The second-order valence-corrected chi connectivity index (χ2v) is 8.65. The average molecular weight is 444 g/mol. The molecule has 4 nitrogen and oxygen atoms in total. The molecule has 156 valence electrons. The molecule has 2 unspecified atom stereocenters. The maximum atomic E-state index is 13.2. The molecule has 2 aliphatic rings. The van der Waals surface area contributed by atoms with Crippen molar-refractivity contribution >= 4 is 34.9 Å². The van der Waals surface area contributed by atoms with Crippen molar-refractivity contribution in [2.75, 3.05) is 6.61 Å². The van der Waals surface area contributed by atoms with Gasteiger partial charge in [0, 0.05) is 40.1 Å². The zero-order valence-corrected chi connectivity index (χ0v) is 18.2. The highest BCUT2D eigenvalue weighted by Gasteiger charge is 2.38. The number of allylic oxidation sites excluding steroid dienone is 2. The van der Waals surface area contributed by atoms with Gasteiger partial charge in [0.15, 0.2) is 5.78 Å². The lowest BCUT2D eigenvalue weighted by Gasteiger charge is -2.34. The van der Waals surface area contributed by atoms with E-state index in [2.05, 4.69) is 12.2 Å². The minimum Gasteiger partial charge on any atom is -0.494 e. The van der Waals surface area contributed by atoms with Gasteiger partial charge in [-0.05, 0) is 54.2 Å². The molecule has 1 aliphatic heterocycles. The Morgan fingerprint density at radius 3 is 2.50 bits per heavy atom. The molecule has 2 atom stereocenters. The molecule has 4 rings (SSSR count). The first-order chi connectivity index (χ1) is 14.5. The number of nitrogens with one attached hydrogen (secondary N) is 1. The van der Waals surface area contributed by atoms with E-state index in [9.17, 15) is 9.59 Å². The molecule has 1 N–H and O–H groups in total. The first-order valence-corrected chi connectivity index (χ1v) is 11.0. The highest BCUT2D eigenvalue weighted by Crippen LogP contribution is 2.44. The lowest BCUT2D eigenvalue weighted by molar-refractivity contribution is -0.122. The first kappa shape index (κ1) is 21.0. The Bertz CT molecular complexity index is 1010. The normalized spacial score (nSPS) is 21.3. The summed E-state index contributed by atoms with van der Waals surface area (Å²) in [5.41, 5.74) is 3.24. The minimum atomic E-state index is -0.336. The summed E-state index contributed by atoms with van der Waals surface area (Å²) < 4.78 is 5.65. The number of Topliss-reactive ketones (excluding diaryl/α,β-unsaturated/α-hetero) is 1. The molecule has 0 spiro atoms. The van der Waals surface area contributed by atoms with Gasteiger partial charge in [0.25, 0.3) is 0 Å².